The van der Waals surface area contributed by atoms with Crippen LogP contribution in [0.4, 0.5) is 5.69 Å². The Morgan fingerprint density at radius 2 is 2.25 bits per heavy atom. The van der Waals surface area contributed by atoms with E-state index >= 15 is 0 Å². The lowest BCUT2D eigenvalue weighted by molar-refractivity contribution is 0.384. The summed E-state index contributed by atoms with van der Waals surface area (Å²) in [5.74, 6) is 1.07. The van der Waals surface area contributed by atoms with Crippen LogP contribution >= 0.6 is 15.9 Å². The molecule has 0 unspecified atom stereocenters. The van der Waals surface area contributed by atoms with Gasteiger partial charge in [-0.1, -0.05) is 19.0 Å². The van der Waals surface area contributed by atoms with E-state index < -0.39 is 0 Å². The molecule has 0 aliphatic rings. The molecule has 0 amide bonds. The smallest absolute Gasteiger partial charge is 0.283 e. The third-order valence-corrected chi connectivity index (χ3v) is 3.42. The minimum atomic E-state index is -0.141. The highest BCUT2D eigenvalue weighted by Gasteiger charge is 2.10. The zero-order chi connectivity index (χ0) is 14.7. The normalized spacial score (nSPS) is 11.1. The van der Waals surface area contributed by atoms with Gasteiger partial charge in [-0.3, -0.25) is 4.79 Å². The zero-order valence-corrected chi connectivity index (χ0v) is 13.3. The van der Waals surface area contributed by atoms with Crippen LogP contribution in [0.5, 0.6) is 0 Å². The number of hydrogen-bond acceptors (Lipinski definition) is 5. The van der Waals surface area contributed by atoms with Gasteiger partial charge in [0, 0.05) is 12.6 Å². The maximum Gasteiger partial charge on any atom is 0.283 e. The highest BCUT2D eigenvalue weighted by Crippen LogP contribution is 2.17. The number of aromatic nitrogens is 3. The Kier molecular flexibility index (Phi) is 4.59. The molecular formula is C13H17BrN4O2. The van der Waals surface area contributed by atoms with Gasteiger partial charge in [0.05, 0.1) is 24.1 Å². The van der Waals surface area contributed by atoms with Crippen LogP contribution < -0.4 is 10.9 Å². The van der Waals surface area contributed by atoms with Crippen molar-refractivity contribution in [1.29, 1.82) is 0 Å². The van der Waals surface area contributed by atoms with Gasteiger partial charge in [0.1, 0.15) is 4.47 Å². The molecule has 0 saturated heterocycles. The van der Waals surface area contributed by atoms with Crippen molar-refractivity contribution in [1.82, 2.24) is 14.9 Å². The number of aryl methyl sites for hydroxylation is 1. The maximum absolute atomic E-state index is 12.1. The maximum atomic E-state index is 12.1. The van der Waals surface area contributed by atoms with Gasteiger partial charge in [-0.2, -0.15) is 5.10 Å². The van der Waals surface area contributed by atoms with Gasteiger partial charge in [-0.15, -0.1) is 0 Å². The summed E-state index contributed by atoms with van der Waals surface area (Å²) in [6, 6.07) is 1.84. The Morgan fingerprint density at radius 3 is 2.85 bits per heavy atom. The fraction of sp³-hybridized carbons (Fsp3) is 0.462. The molecule has 2 heterocycles. The first-order chi connectivity index (χ1) is 9.47. The Balaban J connectivity index is 2.13. The average Bonchev–Trinajstić information content (AvgIpc) is 2.79. The van der Waals surface area contributed by atoms with Gasteiger partial charge in [-0.25, -0.2) is 4.68 Å². The monoisotopic (exact) mass is 340 g/mol. The molecular weight excluding hydrogens is 324 g/mol. The fourth-order valence-electron chi connectivity index (χ4n) is 1.75. The van der Waals surface area contributed by atoms with E-state index in [9.17, 15) is 4.79 Å². The topological polar surface area (TPSA) is 73.0 Å². The van der Waals surface area contributed by atoms with Crippen LogP contribution in [0.15, 0.2) is 26.1 Å². The van der Waals surface area contributed by atoms with Crippen molar-refractivity contribution in [3.05, 3.63) is 38.5 Å². The van der Waals surface area contributed by atoms with Gasteiger partial charge >= 0.3 is 0 Å². The molecule has 0 aliphatic heterocycles. The lowest BCUT2D eigenvalue weighted by Crippen LogP contribution is -2.26. The molecule has 0 saturated carbocycles. The van der Waals surface area contributed by atoms with Crippen LogP contribution in [0.1, 0.15) is 25.3 Å². The molecule has 0 bridgehead atoms. The molecule has 7 heteroatoms. The van der Waals surface area contributed by atoms with Crippen LogP contribution in [-0.2, 0) is 13.1 Å². The molecule has 2 rings (SSSR count). The summed E-state index contributed by atoms with van der Waals surface area (Å²) in [5, 5.41) is 11.1. The van der Waals surface area contributed by atoms with Gasteiger partial charge in [0.15, 0.2) is 5.76 Å². The molecule has 6 nitrogen and oxygen atoms in total. The lowest BCUT2D eigenvalue weighted by Gasteiger charge is -2.10. The molecule has 0 aromatic carbocycles. The van der Waals surface area contributed by atoms with E-state index in [4.69, 9.17) is 4.52 Å². The van der Waals surface area contributed by atoms with Crippen LogP contribution in [0.25, 0.3) is 0 Å². The summed E-state index contributed by atoms with van der Waals surface area (Å²) >= 11 is 3.32. The average molecular weight is 341 g/mol. The Hall–Kier alpha value is -1.63. The largest absolute Gasteiger partial charge is 0.375 e. The molecule has 1 N–H and O–H groups in total. The molecule has 0 fully saturated rings. The van der Waals surface area contributed by atoms with E-state index in [2.05, 4.69) is 31.5 Å². The van der Waals surface area contributed by atoms with Crippen LogP contribution in [0, 0.1) is 12.8 Å². The quantitative estimate of drug-likeness (QED) is 0.905. The summed E-state index contributed by atoms with van der Waals surface area (Å²) in [7, 11) is 0. The van der Waals surface area contributed by atoms with Gasteiger partial charge < -0.3 is 9.84 Å². The van der Waals surface area contributed by atoms with E-state index in [-0.39, 0.29) is 5.56 Å². The van der Waals surface area contributed by atoms with E-state index in [1.807, 2.05) is 26.8 Å². The Morgan fingerprint density at radius 1 is 1.50 bits per heavy atom. The number of nitrogens with one attached hydrogen (secondary N) is 1. The summed E-state index contributed by atoms with van der Waals surface area (Å²) in [6.45, 7) is 6.99. The second-order valence-corrected chi connectivity index (χ2v) is 5.83. The van der Waals surface area contributed by atoms with Crippen LogP contribution in [0.3, 0.4) is 0 Å². The van der Waals surface area contributed by atoms with Crippen molar-refractivity contribution in [3.8, 4) is 0 Å². The summed E-state index contributed by atoms with van der Waals surface area (Å²) < 4.78 is 7.03. The third kappa shape index (κ3) is 3.47. The minimum Gasteiger partial charge on any atom is -0.375 e. The standard InChI is InChI=1S/C13H17BrN4O2/c1-8(2)7-18-13(19)12(14)11(6-16-18)15-5-10-4-9(3)17-20-10/h4,6,8,15H,5,7H2,1-3H3. The molecule has 0 radical (unpaired) electrons. The molecule has 0 spiro atoms. The summed E-state index contributed by atoms with van der Waals surface area (Å²) in [4.78, 5) is 12.1. The number of anilines is 1. The number of hydrogen-bond donors (Lipinski definition) is 1. The fourth-order valence-corrected chi connectivity index (χ4v) is 2.19. The van der Waals surface area contributed by atoms with Gasteiger partial charge in [-0.05, 0) is 28.8 Å². The number of nitrogens with zero attached hydrogens (tertiary/aromatic N) is 3. The van der Waals surface area contributed by atoms with Crippen molar-refractivity contribution in [2.45, 2.75) is 33.9 Å². The first kappa shape index (κ1) is 14.8. The van der Waals surface area contributed by atoms with Crippen molar-refractivity contribution in [2.24, 2.45) is 5.92 Å². The first-order valence-corrected chi connectivity index (χ1v) is 7.18. The molecule has 0 atom stereocenters. The predicted molar refractivity (Wildman–Crippen MR) is 79.6 cm³/mol. The number of halogens is 1. The molecule has 2 aromatic rings. The Labute approximate surface area is 125 Å². The van der Waals surface area contributed by atoms with Crippen molar-refractivity contribution in [3.63, 3.8) is 0 Å². The van der Waals surface area contributed by atoms with Crippen molar-refractivity contribution >= 4 is 21.6 Å². The van der Waals surface area contributed by atoms with E-state index in [1.54, 1.807) is 6.20 Å². The van der Waals surface area contributed by atoms with Gasteiger partial charge in [0.25, 0.3) is 5.56 Å². The second-order valence-electron chi connectivity index (χ2n) is 5.04. The van der Waals surface area contributed by atoms with E-state index in [0.29, 0.717) is 34.9 Å². The SMILES string of the molecule is Cc1cc(CNc2cnn(CC(C)C)c(=O)c2Br)on1. The molecule has 2 aromatic heterocycles. The minimum absolute atomic E-state index is 0.141. The Bertz CT molecular complexity index is 648. The van der Waals surface area contributed by atoms with Crippen LogP contribution in [-0.4, -0.2) is 14.9 Å². The van der Waals surface area contributed by atoms with Crippen molar-refractivity contribution in [2.75, 3.05) is 5.32 Å². The van der Waals surface area contributed by atoms with Gasteiger partial charge in [0.2, 0.25) is 0 Å². The van der Waals surface area contributed by atoms with Crippen molar-refractivity contribution < 1.29 is 4.52 Å². The first-order valence-electron chi connectivity index (χ1n) is 6.39. The summed E-state index contributed by atoms with van der Waals surface area (Å²) in [6.07, 6.45) is 1.64. The second kappa shape index (κ2) is 6.21. The zero-order valence-electron chi connectivity index (χ0n) is 11.7. The molecule has 20 heavy (non-hydrogen) atoms. The molecule has 0 aliphatic carbocycles. The number of rotatable bonds is 5. The van der Waals surface area contributed by atoms with E-state index in [1.165, 1.54) is 4.68 Å². The summed E-state index contributed by atoms with van der Waals surface area (Å²) in [5.41, 5.74) is 1.33. The van der Waals surface area contributed by atoms with E-state index in [0.717, 1.165) is 5.69 Å². The van der Waals surface area contributed by atoms with Crippen LogP contribution in [0.2, 0.25) is 0 Å². The lowest BCUT2D eigenvalue weighted by atomic mass is 10.2. The highest BCUT2D eigenvalue weighted by atomic mass is 79.9. The third-order valence-electron chi connectivity index (χ3n) is 2.65. The molecule has 108 valence electrons. The highest BCUT2D eigenvalue weighted by molar-refractivity contribution is 9.10. The predicted octanol–water partition coefficient (Wildman–Crippen LogP) is 2.57.